The van der Waals surface area contributed by atoms with Crippen molar-refractivity contribution < 1.29 is 22.7 Å². The number of sulfonamides is 1. The minimum absolute atomic E-state index is 0.0348. The monoisotopic (exact) mass is 466 g/mol. The summed E-state index contributed by atoms with van der Waals surface area (Å²) in [5, 5.41) is 2.76. The van der Waals surface area contributed by atoms with Crippen LogP contribution in [-0.4, -0.2) is 37.7 Å². The molecule has 0 heterocycles. The first-order chi connectivity index (χ1) is 15.8. The quantitative estimate of drug-likeness (QED) is 0.390. The van der Waals surface area contributed by atoms with Gasteiger partial charge in [0.1, 0.15) is 5.75 Å². The summed E-state index contributed by atoms with van der Waals surface area (Å²) in [6.07, 6.45) is 0. The second-order valence-electron chi connectivity index (χ2n) is 7.30. The van der Waals surface area contributed by atoms with E-state index in [4.69, 9.17) is 4.74 Å². The van der Waals surface area contributed by atoms with Gasteiger partial charge in [0, 0.05) is 30.4 Å². The normalized spacial score (nSPS) is 11.3. The zero-order chi connectivity index (χ0) is 24.0. The number of benzene rings is 3. The fraction of sp³-hybridized carbons (Fsp3) is 0.200. The highest BCUT2D eigenvalue weighted by Gasteiger charge is 2.24. The number of carbonyl (C=O) groups excluding carboxylic acids is 2. The highest BCUT2D eigenvalue weighted by Crippen LogP contribution is 2.23. The molecule has 0 aliphatic carbocycles. The number of esters is 1. The number of hydrogen-bond donors (Lipinski definition) is 1. The number of carbonyl (C=O) groups is 2. The summed E-state index contributed by atoms with van der Waals surface area (Å²) in [7, 11) is -3.72. The third-order valence-corrected chi connectivity index (χ3v) is 7.16. The van der Waals surface area contributed by atoms with E-state index in [9.17, 15) is 18.0 Å². The average molecular weight is 467 g/mol. The van der Waals surface area contributed by atoms with Gasteiger partial charge in [0.25, 0.3) is 5.91 Å². The molecule has 3 aromatic rings. The van der Waals surface area contributed by atoms with Gasteiger partial charge in [0.15, 0.2) is 0 Å². The number of nitrogens with one attached hydrogen (secondary N) is 1. The molecule has 0 aliphatic heterocycles. The zero-order valence-corrected chi connectivity index (χ0v) is 19.6. The fourth-order valence-electron chi connectivity index (χ4n) is 3.29. The lowest BCUT2D eigenvalue weighted by Gasteiger charge is -2.19. The molecule has 0 saturated heterocycles. The molecular formula is C25H26N2O5S. The van der Waals surface area contributed by atoms with Crippen molar-refractivity contribution in [2.75, 3.05) is 18.4 Å². The van der Waals surface area contributed by atoms with Crippen LogP contribution < -0.4 is 10.1 Å². The van der Waals surface area contributed by atoms with Crippen molar-refractivity contribution in [3.63, 3.8) is 0 Å². The van der Waals surface area contributed by atoms with E-state index in [2.05, 4.69) is 5.32 Å². The lowest BCUT2D eigenvalue weighted by Crippen LogP contribution is -2.30. The topological polar surface area (TPSA) is 92.8 Å². The van der Waals surface area contributed by atoms with Crippen LogP contribution in [0.25, 0.3) is 0 Å². The van der Waals surface area contributed by atoms with Gasteiger partial charge in [0.2, 0.25) is 10.0 Å². The van der Waals surface area contributed by atoms with Crippen molar-refractivity contribution in [1.82, 2.24) is 4.31 Å². The van der Waals surface area contributed by atoms with Gasteiger partial charge in [-0.2, -0.15) is 4.31 Å². The average Bonchev–Trinajstić information content (AvgIpc) is 2.80. The van der Waals surface area contributed by atoms with Crippen LogP contribution in [0.3, 0.4) is 0 Å². The van der Waals surface area contributed by atoms with Crippen molar-refractivity contribution in [3.8, 4) is 5.75 Å². The van der Waals surface area contributed by atoms with Gasteiger partial charge in [-0.15, -0.1) is 0 Å². The Morgan fingerprint density at radius 1 is 0.909 bits per heavy atom. The van der Waals surface area contributed by atoms with Crippen LogP contribution >= 0.6 is 0 Å². The van der Waals surface area contributed by atoms with E-state index in [-0.39, 0.29) is 22.1 Å². The number of amides is 1. The highest BCUT2D eigenvalue weighted by atomic mass is 32.2. The van der Waals surface area contributed by atoms with Crippen LogP contribution in [0.2, 0.25) is 0 Å². The van der Waals surface area contributed by atoms with Crippen molar-refractivity contribution in [2.24, 2.45) is 0 Å². The Labute approximate surface area is 194 Å². The minimum atomic E-state index is -3.72. The molecule has 3 aromatic carbocycles. The van der Waals surface area contributed by atoms with Gasteiger partial charge in [-0.05, 0) is 48.9 Å². The number of nitrogens with zero attached hydrogens (tertiary/aromatic N) is 1. The molecule has 0 unspecified atom stereocenters. The Kier molecular flexibility index (Phi) is 7.63. The first-order valence-corrected chi connectivity index (χ1v) is 12.0. The minimum Gasteiger partial charge on any atom is -0.423 e. The Morgan fingerprint density at radius 3 is 2.27 bits per heavy atom. The van der Waals surface area contributed by atoms with E-state index < -0.39 is 16.0 Å². The van der Waals surface area contributed by atoms with Gasteiger partial charge in [-0.3, -0.25) is 4.79 Å². The van der Waals surface area contributed by atoms with Crippen LogP contribution in [0.5, 0.6) is 5.75 Å². The van der Waals surface area contributed by atoms with E-state index >= 15 is 0 Å². The molecule has 0 atom stereocenters. The maximum absolute atomic E-state index is 12.9. The van der Waals surface area contributed by atoms with Gasteiger partial charge in [-0.1, -0.05) is 44.2 Å². The summed E-state index contributed by atoms with van der Waals surface area (Å²) in [5.41, 5.74) is 1.71. The van der Waals surface area contributed by atoms with Crippen molar-refractivity contribution in [1.29, 1.82) is 0 Å². The summed E-state index contributed by atoms with van der Waals surface area (Å²) in [4.78, 5) is 25.3. The summed E-state index contributed by atoms with van der Waals surface area (Å²) in [5.74, 6) is -0.748. The smallest absolute Gasteiger partial charge is 0.343 e. The molecule has 0 radical (unpaired) electrons. The molecule has 7 nitrogen and oxygen atoms in total. The first-order valence-electron chi connectivity index (χ1n) is 10.6. The molecule has 33 heavy (non-hydrogen) atoms. The Hall–Kier alpha value is -3.49. The molecule has 0 aliphatic rings. The van der Waals surface area contributed by atoms with Gasteiger partial charge < -0.3 is 10.1 Å². The van der Waals surface area contributed by atoms with E-state index in [0.29, 0.717) is 29.9 Å². The summed E-state index contributed by atoms with van der Waals surface area (Å²) < 4.78 is 32.5. The summed E-state index contributed by atoms with van der Waals surface area (Å²) in [6, 6.07) is 19.6. The van der Waals surface area contributed by atoms with Crippen LogP contribution in [0.4, 0.5) is 5.69 Å². The Balaban J connectivity index is 1.80. The van der Waals surface area contributed by atoms with Crippen LogP contribution in [0.1, 0.15) is 40.1 Å². The largest absolute Gasteiger partial charge is 0.423 e. The predicted octanol–water partition coefficient (Wildman–Crippen LogP) is 4.50. The first kappa shape index (κ1) is 24.2. The van der Waals surface area contributed by atoms with Crippen molar-refractivity contribution >= 4 is 27.6 Å². The van der Waals surface area contributed by atoms with E-state index in [1.54, 1.807) is 69.3 Å². The number of ether oxygens (including phenoxy) is 1. The SMILES string of the molecule is CCN(CC)S(=O)(=O)c1ccc(C)c(C(=O)Oc2cccc(NC(=O)c3ccccc3)c2)c1. The third-order valence-electron chi connectivity index (χ3n) is 5.11. The summed E-state index contributed by atoms with van der Waals surface area (Å²) in [6.45, 7) is 5.88. The van der Waals surface area contributed by atoms with Crippen LogP contribution in [0.15, 0.2) is 77.7 Å². The maximum Gasteiger partial charge on any atom is 0.343 e. The predicted molar refractivity (Wildman–Crippen MR) is 127 cm³/mol. The molecular weight excluding hydrogens is 440 g/mol. The molecule has 1 amide bonds. The van der Waals surface area contributed by atoms with Gasteiger partial charge in [0.05, 0.1) is 10.5 Å². The molecule has 0 aromatic heterocycles. The summed E-state index contributed by atoms with van der Waals surface area (Å²) >= 11 is 0. The van der Waals surface area contributed by atoms with E-state index in [0.717, 1.165) is 0 Å². The molecule has 3 rings (SSSR count). The van der Waals surface area contributed by atoms with Crippen LogP contribution in [0, 0.1) is 6.92 Å². The fourth-order valence-corrected chi connectivity index (χ4v) is 4.77. The number of anilines is 1. The highest BCUT2D eigenvalue weighted by molar-refractivity contribution is 7.89. The number of rotatable bonds is 8. The molecule has 8 heteroatoms. The Bertz CT molecular complexity index is 1250. The Morgan fingerprint density at radius 2 is 1.61 bits per heavy atom. The third kappa shape index (κ3) is 5.66. The number of aryl methyl sites for hydroxylation is 1. The lowest BCUT2D eigenvalue weighted by atomic mass is 10.1. The van der Waals surface area contributed by atoms with Crippen molar-refractivity contribution in [3.05, 3.63) is 89.5 Å². The molecule has 172 valence electrons. The molecule has 0 bridgehead atoms. The number of hydrogen-bond acceptors (Lipinski definition) is 5. The van der Waals surface area contributed by atoms with E-state index in [1.165, 1.54) is 22.5 Å². The molecule has 1 N–H and O–H groups in total. The molecule has 0 spiro atoms. The van der Waals surface area contributed by atoms with Gasteiger partial charge >= 0.3 is 5.97 Å². The standard InChI is InChI=1S/C25H26N2O5S/c1-4-27(5-2)33(30,31)22-15-14-18(3)23(17-22)25(29)32-21-13-9-12-20(16-21)26-24(28)19-10-7-6-8-11-19/h6-17H,4-5H2,1-3H3,(H,26,28). The van der Waals surface area contributed by atoms with Crippen LogP contribution in [-0.2, 0) is 10.0 Å². The molecule has 0 saturated carbocycles. The zero-order valence-electron chi connectivity index (χ0n) is 18.7. The van der Waals surface area contributed by atoms with Crippen molar-refractivity contribution in [2.45, 2.75) is 25.7 Å². The molecule has 0 fully saturated rings. The second-order valence-corrected chi connectivity index (χ2v) is 9.24. The van der Waals surface area contributed by atoms with E-state index in [1.807, 2.05) is 6.07 Å². The second kappa shape index (κ2) is 10.4. The van der Waals surface area contributed by atoms with Gasteiger partial charge in [-0.25, -0.2) is 13.2 Å². The maximum atomic E-state index is 12.9. The lowest BCUT2D eigenvalue weighted by molar-refractivity contribution is 0.0733.